The average Bonchev–Trinajstić information content (AvgIpc) is 3.84. The number of methoxy groups -OCH3 is 1. The van der Waals surface area contributed by atoms with Crippen LogP contribution in [0, 0.1) is 11.9 Å². The molecular formula is C32H35FN4O4. The molecule has 0 radical (unpaired) electrons. The molecule has 0 spiro atoms. The first-order valence-electron chi connectivity index (χ1n) is 14.4. The van der Waals surface area contributed by atoms with Gasteiger partial charge in [-0.3, -0.25) is 9.59 Å². The molecule has 6 rings (SSSR count). The zero-order chi connectivity index (χ0) is 28.3. The van der Waals surface area contributed by atoms with E-state index in [1.807, 2.05) is 35.2 Å². The van der Waals surface area contributed by atoms with Gasteiger partial charge in [0.05, 0.1) is 11.6 Å². The van der Waals surface area contributed by atoms with Gasteiger partial charge in [0.25, 0.3) is 5.91 Å². The number of hydrogen-bond donors (Lipinski definition) is 1. The first kappa shape index (κ1) is 27.4. The lowest BCUT2D eigenvalue weighted by Crippen LogP contribution is -2.47. The topological polar surface area (TPSA) is 84.0 Å². The summed E-state index contributed by atoms with van der Waals surface area (Å²) in [5, 5.41) is 3.44. The van der Waals surface area contributed by atoms with Gasteiger partial charge in [-0.1, -0.05) is 24.3 Å². The molecule has 8 nitrogen and oxygen atoms in total. The second-order valence-electron chi connectivity index (χ2n) is 11.0. The Balaban J connectivity index is 1.30. The van der Waals surface area contributed by atoms with E-state index in [1.165, 1.54) is 12.3 Å². The van der Waals surface area contributed by atoms with Gasteiger partial charge in [0.1, 0.15) is 5.75 Å². The van der Waals surface area contributed by atoms with Crippen molar-refractivity contribution in [2.75, 3.05) is 49.8 Å². The number of hydrogen-bond acceptors (Lipinski definition) is 6. The molecule has 3 aliphatic rings. The van der Waals surface area contributed by atoms with Crippen molar-refractivity contribution in [2.45, 2.75) is 37.6 Å². The molecule has 2 aliphatic heterocycles. The van der Waals surface area contributed by atoms with Crippen LogP contribution in [0.25, 0.3) is 11.1 Å². The third-order valence-electron chi connectivity index (χ3n) is 8.22. The van der Waals surface area contributed by atoms with Gasteiger partial charge in [-0.05, 0) is 79.1 Å². The third kappa shape index (κ3) is 5.83. The number of benzene rings is 2. The van der Waals surface area contributed by atoms with Gasteiger partial charge in [0.15, 0.2) is 6.61 Å². The van der Waals surface area contributed by atoms with Crippen molar-refractivity contribution in [1.29, 1.82) is 0 Å². The van der Waals surface area contributed by atoms with Crippen molar-refractivity contribution in [3.8, 4) is 16.9 Å². The van der Waals surface area contributed by atoms with Crippen molar-refractivity contribution in [3.05, 3.63) is 72.3 Å². The summed E-state index contributed by atoms with van der Waals surface area (Å²) in [6.07, 6.45) is 4.89. The Kier molecular flexibility index (Phi) is 7.98. The fraction of sp³-hybridized carbons (Fsp3) is 0.406. The lowest BCUT2D eigenvalue weighted by Gasteiger charge is -2.36. The number of aromatic nitrogens is 1. The monoisotopic (exact) mass is 558 g/mol. The highest BCUT2D eigenvalue weighted by atomic mass is 19.1. The Bertz CT molecular complexity index is 1430. The van der Waals surface area contributed by atoms with Gasteiger partial charge >= 0.3 is 0 Å². The quantitative estimate of drug-likeness (QED) is 0.307. The molecule has 3 aromatic rings. The van der Waals surface area contributed by atoms with Crippen LogP contribution in [0.3, 0.4) is 0 Å². The van der Waals surface area contributed by atoms with Crippen molar-refractivity contribution in [1.82, 2.24) is 10.3 Å². The summed E-state index contributed by atoms with van der Waals surface area (Å²) < 4.78 is 24.8. The maximum atomic E-state index is 14.4. The van der Waals surface area contributed by atoms with E-state index in [0.717, 1.165) is 48.2 Å². The first-order valence-corrected chi connectivity index (χ1v) is 14.4. The van der Waals surface area contributed by atoms with Crippen molar-refractivity contribution >= 4 is 23.2 Å². The maximum Gasteiger partial charge on any atom is 0.265 e. The molecule has 1 aliphatic carbocycles. The van der Waals surface area contributed by atoms with E-state index in [9.17, 15) is 14.0 Å². The van der Waals surface area contributed by atoms with Gasteiger partial charge < -0.3 is 24.6 Å². The summed E-state index contributed by atoms with van der Waals surface area (Å²) in [6.45, 7) is 2.48. The van der Waals surface area contributed by atoms with Crippen LogP contribution in [0.4, 0.5) is 15.8 Å². The number of nitrogens with zero attached hydrogens (tertiary/aromatic N) is 3. The molecular weight excluding hydrogens is 523 g/mol. The number of pyridine rings is 1. The molecule has 9 heteroatoms. The van der Waals surface area contributed by atoms with Crippen LogP contribution in [-0.2, 0) is 14.3 Å². The number of amides is 2. The smallest absolute Gasteiger partial charge is 0.265 e. The zero-order valence-corrected chi connectivity index (χ0v) is 23.2. The molecule has 2 aromatic carbocycles. The van der Waals surface area contributed by atoms with E-state index in [2.05, 4.69) is 22.4 Å². The Morgan fingerprint density at radius 2 is 2.00 bits per heavy atom. The van der Waals surface area contributed by atoms with Crippen LogP contribution in [-0.4, -0.2) is 62.8 Å². The molecule has 214 valence electrons. The highest BCUT2D eigenvalue weighted by Gasteiger charge is 2.41. The molecule has 1 saturated heterocycles. The third-order valence-corrected chi connectivity index (χ3v) is 8.22. The van der Waals surface area contributed by atoms with E-state index in [1.54, 1.807) is 18.1 Å². The summed E-state index contributed by atoms with van der Waals surface area (Å²) in [5.74, 6) is -0.127. The molecule has 0 bridgehead atoms. The normalized spacial score (nSPS) is 20.3. The minimum absolute atomic E-state index is 0.00518. The van der Waals surface area contributed by atoms with E-state index in [0.29, 0.717) is 37.6 Å². The van der Waals surface area contributed by atoms with Gasteiger partial charge in [-0.25, -0.2) is 4.98 Å². The molecule has 1 saturated carbocycles. The molecule has 3 heterocycles. The summed E-state index contributed by atoms with van der Waals surface area (Å²) in [5.41, 5.74) is 4.22. The number of rotatable bonds is 9. The number of anilines is 2. The van der Waals surface area contributed by atoms with Gasteiger partial charge in [0.2, 0.25) is 11.9 Å². The summed E-state index contributed by atoms with van der Waals surface area (Å²) in [4.78, 5) is 34.5. The standard InChI is InChI=1S/C32H35FN4O4/c1-40-15-3-14-36-28-18-25(8-9-29(28)41-20-31(36)38)37(24-6-7-24)32(39)27-19-34-12-11-26(27)23-5-2-4-21(16-23)22-10-13-35-30(33)17-22/h2,4-5,8-10,13,16-18,24,26-27,34H,3,6-7,11-12,14-15,19-20H2,1H3/t26-,27+/m1/s1. The van der Waals surface area contributed by atoms with Crippen LogP contribution < -0.4 is 19.9 Å². The van der Waals surface area contributed by atoms with E-state index in [4.69, 9.17) is 9.47 Å². The van der Waals surface area contributed by atoms with E-state index >= 15 is 0 Å². The molecule has 2 fully saturated rings. The average molecular weight is 559 g/mol. The van der Waals surface area contributed by atoms with Crippen LogP contribution in [0.5, 0.6) is 5.75 Å². The summed E-state index contributed by atoms with van der Waals surface area (Å²) >= 11 is 0. The Morgan fingerprint density at radius 3 is 2.80 bits per heavy atom. The number of carbonyl (C=O) groups is 2. The van der Waals surface area contributed by atoms with Gasteiger partial charge in [-0.2, -0.15) is 4.39 Å². The minimum Gasteiger partial charge on any atom is -0.482 e. The van der Waals surface area contributed by atoms with Crippen LogP contribution >= 0.6 is 0 Å². The summed E-state index contributed by atoms with van der Waals surface area (Å²) in [7, 11) is 1.65. The fourth-order valence-corrected chi connectivity index (χ4v) is 6.03. The van der Waals surface area contributed by atoms with Crippen LogP contribution in [0.2, 0.25) is 0 Å². The molecule has 1 N–H and O–H groups in total. The van der Waals surface area contributed by atoms with Crippen molar-refractivity contribution in [3.63, 3.8) is 0 Å². The number of nitrogens with one attached hydrogen (secondary N) is 1. The first-order chi connectivity index (χ1) is 20.0. The second-order valence-corrected chi connectivity index (χ2v) is 11.0. The number of piperidine rings is 1. The Hall–Kier alpha value is -3.82. The maximum absolute atomic E-state index is 14.4. The second kappa shape index (κ2) is 12.0. The van der Waals surface area contributed by atoms with Crippen LogP contribution in [0.15, 0.2) is 60.8 Å². The molecule has 1 aromatic heterocycles. The zero-order valence-electron chi connectivity index (χ0n) is 23.2. The molecule has 2 atom stereocenters. The minimum atomic E-state index is -0.516. The largest absolute Gasteiger partial charge is 0.482 e. The SMILES string of the molecule is COCCCN1C(=O)COc2ccc(N(C(=O)[C@H]3CNCC[C@@H]3c3cccc(-c4ccnc(F)c4)c3)C3CC3)cc21. The van der Waals surface area contributed by atoms with E-state index < -0.39 is 5.95 Å². The molecule has 41 heavy (non-hydrogen) atoms. The Morgan fingerprint density at radius 1 is 1.15 bits per heavy atom. The number of ether oxygens (including phenoxy) is 2. The van der Waals surface area contributed by atoms with Gasteiger partial charge in [0, 0.05) is 50.8 Å². The van der Waals surface area contributed by atoms with Crippen molar-refractivity contribution < 1.29 is 23.5 Å². The molecule has 2 amide bonds. The van der Waals surface area contributed by atoms with Crippen molar-refractivity contribution in [2.24, 2.45) is 5.92 Å². The predicted octanol–water partition coefficient (Wildman–Crippen LogP) is 4.54. The highest BCUT2D eigenvalue weighted by Crippen LogP contribution is 2.42. The fourth-order valence-electron chi connectivity index (χ4n) is 6.03. The van der Waals surface area contributed by atoms with E-state index in [-0.39, 0.29) is 36.3 Å². The number of carbonyl (C=O) groups excluding carboxylic acids is 2. The lowest BCUT2D eigenvalue weighted by atomic mass is 9.79. The lowest BCUT2D eigenvalue weighted by molar-refractivity contribution is -0.123. The Labute approximate surface area is 239 Å². The molecule has 0 unspecified atom stereocenters. The summed E-state index contributed by atoms with van der Waals surface area (Å²) in [6, 6.07) is 17.2. The number of halogens is 1. The predicted molar refractivity (Wildman–Crippen MR) is 155 cm³/mol. The number of fused-ring (bicyclic) bond motifs is 1. The van der Waals surface area contributed by atoms with Crippen LogP contribution in [0.1, 0.15) is 37.2 Å². The van der Waals surface area contributed by atoms with Gasteiger partial charge in [-0.15, -0.1) is 0 Å². The highest BCUT2D eigenvalue weighted by molar-refractivity contribution is 6.01.